The van der Waals surface area contributed by atoms with Crippen molar-refractivity contribution in [3.63, 3.8) is 0 Å². The molecular weight excluding hydrogens is 407 g/mol. The van der Waals surface area contributed by atoms with E-state index >= 15 is 0 Å². The molecule has 0 atom stereocenters. The molecule has 1 N–H and O–H groups in total. The molecule has 1 heterocycles. The molecule has 3 aromatic rings. The lowest BCUT2D eigenvalue weighted by Crippen LogP contribution is -2.15. The van der Waals surface area contributed by atoms with Crippen LogP contribution in [0.5, 0.6) is 0 Å². The third-order valence-corrected chi connectivity index (χ3v) is 5.47. The number of benzene rings is 2. The molecular formula is C17H11ClF3NO4S. The average Bonchev–Trinajstić information content (AvgIpc) is 2.53. The van der Waals surface area contributed by atoms with E-state index in [4.69, 9.17) is 16.0 Å². The molecule has 0 aliphatic rings. The number of aryl methyl sites for hydroxylation is 1. The Balaban J connectivity index is 2.02. The fourth-order valence-corrected chi connectivity index (χ4v) is 3.79. The Morgan fingerprint density at radius 3 is 2.44 bits per heavy atom. The SMILES string of the molecule is Cc1cc(=O)oc2cc(NS(=O)(=O)c3ccc(Cl)c(C(F)(F)F)c3)ccc12. The normalized spacial score (nSPS) is 12.3. The number of fused-ring (bicyclic) bond motifs is 1. The lowest BCUT2D eigenvalue weighted by molar-refractivity contribution is -0.137. The highest BCUT2D eigenvalue weighted by atomic mass is 35.5. The largest absolute Gasteiger partial charge is 0.423 e. The van der Waals surface area contributed by atoms with Crippen LogP contribution in [0.3, 0.4) is 0 Å². The van der Waals surface area contributed by atoms with E-state index in [2.05, 4.69) is 4.72 Å². The lowest BCUT2D eigenvalue weighted by Gasteiger charge is -2.13. The summed E-state index contributed by atoms with van der Waals surface area (Å²) in [7, 11) is -4.33. The molecule has 0 unspecified atom stereocenters. The van der Waals surface area contributed by atoms with Crippen LogP contribution in [-0.2, 0) is 16.2 Å². The van der Waals surface area contributed by atoms with Gasteiger partial charge in [-0.05, 0) is 42.8 Å². The van der Waals surface area contributed by atoms with Gasteiger partial charge in [-0.1, -0.05) is 11.6 Å². The summed E-state index contributed by atoms with van der Waals surface area (Å²) in [5, 5.41) is -0.00666. The van der Waals surface area contributed by atoms with Crippen LogP contribution in [0.4, 0.5) is 18.9 Å². The third-order valence-electron chi connectivity index (χ3n) is 3.76. The van der Waals surface area contributed by atoms with Gasteiger partial charge in [0, 0.05) is 17.5 Å². The number of hydrogen-bond acceptors (Lipinski definition) is 4. The number of hydrogen-bond donors (Lipinski definition) is 1. The Kier molecular flexibility index (Phi) is 4.69. The Labute approximate surface area is 156 Å². The van der Waals surface area contributed by atoms with E-state index in [9.17, 15) is 26.4 Å². The quantitative estimate of drug-likeness (QED) is 0.633. The number of anilines is 1. The predicted molar refractivity (Wildman–Crippen MR) is 94.5 cm³/mol. The van der Waals surface area contributed by atoms with Crippen LogP contribution >= 0.6 is 11.6 Å². The van der Waals surface area contributed by atoms with Gasteiger partial charge in [0.25, 0.3) is 10.0 Å². The van der Waals surface area contributed by atoms with Gasteiger partial charge in [-0.2, -0.15) is 13.2 Å². The van der Waals surface area contributed by atoms with E-state index in [-0.39, 0.29) is 11.3 Å². The highest BCUT2D eigenvalue weighted by Gasteiger charge is 2.34. The van der Waals surface area contributed by atoms with Crippen LogP contribution in [0, 0.1) is 6.92 Å². The number of sulfonamides is 1. The second-order valence-corrected chi connectivity index (χ2v) is 7.79. The Morgan fingerprint density at radius 1 is 1.07 bits per heavy atom. The Hall–Kier alpha value is -2.52. The van der Waals surface area contributed by atoms with Crippen molar-refractivity contribution in [3.05, 3.63) is 69.0 Å². The van der Waals surface area contributed by atoms with Crippen LogP contribution in [0.1, 0.15) is 11.1 Å². The number of alkyl halides is 3. The smallest absolute Gasteiger partial charge is 0.417 e. The predicted octanol–water partition coefficient (Wildman–Crippen LogP) is 4.57. The minimum absolute atomic E-state index is 0.0276. The highest BCUT2D eigenvalue weighted by molar-refractivity contribution is 7.92. The zero-order valence-electron chi connectivity index (χ0n) is 13.6. The van der Waals surface area contributed by atoms with Crippen molar-refractivity contribution in [1.29, 1.82) is 0 Å². The first-order chi connectivity index (χ1) is 12.5. The summed E-state index contributed by atoms with van der Waals surface area (Å²) in [6, 6.07) is 7.80. The Morgan fingerprint density at radius 2 is 1.78 bits per heavy atom. The second kappa shape index (κ2) is 6.58. The maximum absolute atomic E-state index is 13.0. The molecule has 2 aromatic carbocycles. The first-order valence-electron chi connectivity index (χ1n) is 7.41. The van der Waals surface area contributed by atoms with Crippen molar-refractivity contribution >= 4 is 38.3 Å². The van der Waals surface area contributed by atoms with E-state index in [1.165, 1.54) is 24.3 Å². The van der Waals surface area contributed by atoms with Crippen molar-refractivity contribution < 1.29 is 26.0 Å². The molecule has 0 fully saturated rings. The topological polar surface area (TPSA) is 76.4 Å². The van der Waals surface area contributed by atoms with Gasteiger partial charge in [0.1, 0.15) is 5.58 Å². The number of rotatable bonds is 3. The summed E-state index contributed by atoms with van der Waals surface area (Å²) in [6.45, 7) is 1.69. The van der Waals surface area contributed by atoms with Crippen LogP contribution in [-0.4, -0.2) is 8.42 Å². The molecule has 27 heavy (non-hydrogen) atoms. The highest BCUT2D eigenvalue weighted by Crippen LogP contribution is 2.36. The van der Waals surface area contributed by atoms with Gasteiger partial charge in [-0.15, -0.1) is 0 Å². The number of halogens is 4. The van der Waals surface area contributed by atoms with Crippen molar-refractivity contribution in [2.75, 3.05) is 4.72 Å². The molecule has 0 radical (unpaired) electrons. The van der Waals surface area contributed by atoms with E-state index in [0.29, 0.717) is 17.0 Å². The maximum atomic E-state index is 13.0. The van der Waals surface area contributed by atoms with Gasteiger partial charge in [0.05, 0.1) is 21.2 Å². The molecule has 142 valence electrons. The Bertz CT molecular complexity index is 1200. The van der Waals surface area contributed by atoms with Crippen molar-refractivity contribution in [3.8, 4) is 0 Å². The standard InChI is InChI=1S/C17H11ClF3NO4S/c1-9-6-16(23)26-15-7-10(2-4-12(9)15)22-27(24,25)11-3-5-14(18)13(8-11)17(19,20)21/h2-8,22H,1H3. The molecule has 0 amide bonds. The molecule has 10 heteroatoms. The molecule has 0 saturated carbocycles. The summed E-state index contributed by atoms with van der Waals surface area (Å²) < 4.78 is 70.9. The van der Waals surface area contributed by atoms with Gasteiger partial charge in [0.2, 0.25) is 0 Å². The molecule has 0 aliphatic carbocycles. The van der Waals surface area contributed by atoms with E-state index in [1.54, 1.807) is 6.92 Å². The first kappa shape index (κ1) is 19.2. The van der Waals surface area contributed by atoms with Crippen LogP contribution in [0.25, 0.3) is 11.0 Å². The van der Waals surface area contributed by atoms with Gasteiger partial charge < -0.3 is 4.42 Å². The van der Waals surface area contributed by atoms with Crippen molar-refractivity contribution in [2.45, 2.75) is 18.0 Å². The first-order valence-corrected chi connectivity index (χ1v) is 9.27. The monoisotopic (exact) mass is 417 g/mol. The molecule has 0 saturated heterocycles. The molecule has 0 bridgehead atoms. The minimum atomic E-state index is -4.80. The molecule has 0 aliphatic heterocycles. The molecule has 3 rings (SSSR count). The second-order valence-electron chi connectivity index (χ2n) is 5.70. The summed E-state index contributed by atoms with van der Waals surface area (Å²) in [6.07, 6.45) is -4.80. The zero-order valence-corrected chi connectivity index (χ0v) is 15.2. The van der Waals surface area contributed by atoms with Gasteiger partial charge >= 0.3 is 11.8 Å². The summed E-state index contributed by atoms with van der Waals surface area (Å²) >= 11 is 5.51. The third kappa shape index (κ3) is 3.93. The zero-order chi connectivity index (χ0) is 20.0. The van der Waals surface area contributed by atoms with Gasteiger partial charge in [0.15, 0.2) is 0 Å². The van der Waals surface area contributed by atoms with Gasteiger partial charge in [-0.25, -0.2) is 13.2 Å². The summed E-state index contributed by atoms with van der Waals surface area (Å²) in [5.74, 6) is 0. The van der Waals surface area contributed by atoms with Crippen molar-refractivity contribution in [1.82, 2.24) is 0 Å². The fraction of sp³-hybridized carbons (Fsp3) is 0.118. The molecule has 1 aromatic heterocycles. The van der Waals surface area contributed by atoms with E-state index < -0.39 is 37.3 Å². The fourth-order valence-electron chi connectivity index (χ4n) is 2.49. The lowest BCUT2D eigenvalue weighted by atomic mass is 10.1. The van der Waals surface area contributed by atoms with E-state index in [0.717, 1.165) is 12.1 Å². The maximum Gasteiger partial charge on any atom is 0.417 e. The molecule has 0 spiro atoms. The number of nitrogens with one attached hydrogen (secondary N) is 1. The van der Waals surface area contributed by atoms with Crippen LogP contribution in [0.2, 0.25) is 5.02 Å². The average molecular weight is 418 g/mol. The van der Waals surface area contributed by atoms with E-state index in [1.807, 2.05) is 0 Å². The van der Waals surface area contributed by atoms with Gasteiger partial charge in [-0.3, -0.25) is 4.72 Å². The molecule has 5 nitrogen and oxygen atoms in total. The minimum Gasteiger partial charge on any atom is -0.423 e. The van der Waals surface area contributed by atoms with Crippen LogP contribution < -0.4 is 10.3 Å². The summed E-state index contributed by atoms with van der Waals surface area (Å²) in [4.78, 5) is 10.9. The van der Waals surface area contributed by atoms with Crippen molar-refractivity contribution in [2.24, 2.45) is 0 Å². The van der Waals surface area contributed by atoms with Crippen LogP contribution in [0.15, 0.2) is 56.6 Å². The summed E-state index contributed by atoms with van der Waals surface area (Å²) in [5.41, 5.74) is -1.05.